The molecule has 0 saturated carbocycles. The molecule has 1 heterocycles. The van der Waals surface area contributed by atoms with E-state index in [9.17, 15) is 4.79 Å². The second-order valence-electron chi connectivity index (χ2n) is 5.19. The lowest BCUT2D eigenvalue weighted by Gasteiger charge is -2.15. The summed E-state index contributed by atoms with van der Waals surface area (Å²) in [5, 5.41) is 3.34. The van der Waals surface area contributed by atoms with E-state index in [1.807, 2.05) is 17.0 Å². The highest BCUT2D eigenvalue weighted by Crippen LogP contribution is 2.12. The molecule has 1 N–H and O–H groups in total. The Labute approximate surface area is 121 Å². The van der Waals surface area contributed by atoms with Crippen molar-refractivity contribution in [1.29, 1.82) is 0 Å². The normalized spacial score (nSPS) is 14.6. The molecule has 0 aliphatic carbocycles. The molecular weight excluding hydrogens is 252 g/mol. The third kappa shape index (κ3) is 4.53. The predicted molar refractivity (Wildman–Crippen MR) is 80.0 cm³/mol. The summed E-state index contributed by atoms with van der Waals surface area (Å²) in [5.41, 5.74) is 1.25. The molecule has 0 spiro atoms. The zero-order valence-electron chi connectivity index (χ0n) is 12.2. The van der Waals surface area contributed by atoms with Crippen LogP contribution in [0.5, 0.6) is 5.75 Å². The number of likely N-dealkylation sites (tertiary alicyclic amines) is 1. The molecule has 0 radical (unpaired) electrons. The highest BCUT2D eigenvalue weighted by atomic mass is 16.5. The molecule has 0 unspecified atom stereocenters. The van der Waals surface area contributed by atoms with Gasteiger partial charge in [0.05, 0.1) is 7.11 Å². The van der Waals surface area contributed by atoms with Gasteiger partial charge in [0.15, 0.2) is 0 Å². The van der Waals surface area contributed by atoms with Crippen LogP contribution >= 0.6 is 0 Å². The van der Waals surface area contributed by atoms with Crippen molar-refractivity contribution < 1.29 is 9.53 Å². The number of hydrogen-bond donors (Lipinski definition) is 1. The second kappa shape index (κ2) is 7.90. The van der Waals surface area contributed by atoms with Crippen LogP contribution in [-0.2, 0) is 11.2 Å². The van der Waals surface area contributed by atoms with Gasteiger partial charge in [-0.05, 0) is 43.5 Å². The van der Waals surface area contributed by atoms with Crippen molar-refractivity contribution in [3.05, 3.63) is 29.8 Å². The first kappa shape index (κ1) is 14.9. The van der Waals surface area contributed by atoms with Crippen molar-refractivity contribution in [2.24, 2.45) is 0 Å². The monoisotopic (exact) mass is 276 g/mol. The minimum Gasteiger partial charge on any atom is -0.497 e. The van der Waals surface area contributed by atoms with Crippen molar-refractivity contribution in [2.45, 2.75) is 25.7 Å². The predicted octanol–water partition coefficient (Wildman–Crippen LogP) is 1.84. The number of rotatable bonds is 7. The molecule has 4 nitrogen and oxygen atoms in total. The van der Waals surface area contributed by atoms with Crippen LogP contribution in [0.2, 0.25) is 0 Å². The van der Waals surface area contributed by atoms with Crippen LogP contribution in [0.15, 0.2) is 24.3 Å². The fraction of sp³-hybridized carbons (Fsp3) is 0.562. The Morgan fingerprint density at radius 1 is 1.30 bits per heavy atom. The summed E-state index contributed by atoms with van der Waals surface area (Å²) < 4.78 is 5.20. The lowest BCUT2D eigenvalue weighted by molar-refractivity contribution is -0.130. The average Bonchev–Trinajstić information content (AvgIpc) is 3.01. The number of carbonyl (C=O) groups excluding carboxylic acids is 1. The number of nitrogens with one attached hydrogen (secondary N) is 1. The van der Waals surface area contributed by atoms with Crippen LogP contribution < -0.4 is 10.1 Å². The first-order valence-electron chi connectivity index (χ1n) is 7.41. The number of amides is 1. The van der Waals surface area contributed by atoms with Gasteiger partial charge in [-0.15, -0.1) is 0 Å². The van der Waals surface area contributed by atoms with Gasteiger partial charge in [0.2, 0.25) is 5.91 Å². The Balaban J connectivity index is 1.60. The average molecular weight is 276 g/mol. The number of nitrogens with zero attached hydrogens (tertiary/aromatic N) is 1. The summed E-state index contributed by atoms with van der Waals surface area (Å²) in [6.07, 6.45) is 3.89. The van der Waals surface area contributed by atoms with Crippen LogP contribution in [0.4, 0.5) is 0 Å². The van der Waals surface area contributed by atoms with Gasteiger partial charge in [-0.25, -0.2) is 0 Å². The van der Waals surface area contributed by atoms with E-state index < -0.39 is 0 Å². The van der Waals surface area contributed by atoms with Crippen LogP contribution in [0.3, 0.4) is 0 Å². The Morgan fingerprint density at radius 3 is 2.85 bits per heavy atom. The lowest BCUT2D eigenvalue weighted by atomic mass is 10.1. The quantitative estimate of drug-likeness (QED) is 0.773. The van der Waals surface area contributed by atoms with Crippen molar-refractivity contribution in [1.82, 2.24) is 10.2 Å². The maximum absolute atomic E-state index is 11.8. The molecule has 20 heavy (non-hydrogen) atoms. The molecule has 1 aromatic carbocycles. The number of hydrogen-bond acceptors (Lipinski definition) is 3. The Hall–Kier alpha value is -1.55. The van der Waals surface area contributed by atoms with E-state index in [0.29, 0.717) is 6.42 Å². The largest absolute Gasteiger partial charge is 0.497 e. The van der Waals surface area contributed by atoms with Crippen molar-refractivity contribution in [3.8, 4) is 5.75 Å². The molecule has 0 atom stereocenters. The van der Waals surface area contributed by atoms with E-state index in [2.05, 4.69) is 17.4 Å². The molecule has 1 fully saturated rings. The van der Waals surface area contributed by atoms with Crippen LogP contribution in [0.1, 0.15) is 24.8 Å². The van der Waals surface area contributed by atoms with E-state index >= 15 is 0 Å². The van der Waals surface area contributed by atoms with Gasteiger partial charge in [0.25, 0.3) is 0 Å². The fourth-order valence-electron chi connectivity index (χ4n) is 2.51. The third-order valence-electron chi connectivity index (χ3n) is 3.70. The lowest BCUT2D eigenvalue weighted by Crippen LogP contribution is -2.31. The standard InChI is InChI=1S/C16H24N2O2/c1-20-15-6-4-5-14(13-15)7-9-17-10-8-16(19)18-11-2-3-12-18/h4-6,13,17H,2-3,7-12H2,1H3. The first-order chi connectivity index (χ1) is 9.79. The zero-order chi connectivity index (χ0) is 14.2. The van der Waals surface area contributed by atoms with Crippen molar-refractivity contribution >= 4 is 5.91 Å². The minimum absolute atomic E-state index is 0.288. The third-order valence-corrected chi connectivity index (χ3v) is 3.70. The summed E-state index contributed by atoms with van der Waals surface area (Å²) in [6, 6.07) is 8.10. The minimum atomic E-state index is 0.288. The second-order valence-corrected chi connectivity index (χ2v) is 5.19. The highest BCUT2D eigenvalue weighted by Gasteiger charge is 2.16. The summed E-state index contributed by atoms with van der Waals surface area (Å²) in [5.74, 6) is 1.18. The topological polar surface area (TPSA) is 41.6 Å². The Bertz CT molecular complexity index is 428. The molecule has 1 aliphatic heterocycles. The van der Waals surface area contributed by atoms with Gasteiger partial charge in [-0.1, -0.05) is 12.1 Å². The molecule has 1 aliphatic rings. The van der Waals surface area contributed by atoms with Gasteiger partial charge in [0.1, 0.15) is 5.75 Å². The first-order valence-corrected chi connectivity index (χ1v) is 7.41. The molecule has 1 saturated heterocycles. The van der Waals surface area contributed by atoms with E-state index in [4.69, 9.17) is 4.74 Å². The maximum Gasteiger partial charge on any atom is 0.223 e. The molecule has 0 aromatic heterocycles. The van der Waals surface area contributed by atoms with Crippen LogP contribution in [0, 0.1) is 0 Å². The Kier molecular flexibility index (Phi) is 5.87. The molecular formula is C16H24N2O2. The van der Waals surface area contributed by atoms with Gasteiger partial charge in [-0.3, -0.25) is 4.79 Å². The van der Waals surface area contributed by atoms with Gasteiger partial charge in [0, 0.05) is 26.1 Å². The van der Waals surface area contributed by atoms with Crippen LogP contribution in [0.25, 0.3) is 0 Å². The van der Waals surface area contributed by atoms with Crippen molar-refractivity contribution in [3.63, 3.8) is 0 Å². The van der Waals surface area contributed by atoms with E-state index in [-0.39, 0.29) is 5.91 Å². The number of carbonyl (C=O) groups is 1. The highest BCUT2D eigenvalue weighted by molar-refractivity contribution is 5.76. The summed E-state index contributed by atoms with van der Waals surface area (Å²) in [7, 11) is 1.68. The number of methoxy groups -OCH3 is 1. The summed E-state index contributed by atoms with van der Waals surface area (Å²) in [6.45, 7) is 3.55. The molecule has 110 valence electrons. The summed E-state index contributed by atoms with van der Waals surface area (Å²) >= 11 is 0. The molecule has 4 heteroatoms. The number of ether oxygens (including phenoxy) is 1. The van der Waals surface area contributed by atoms with Gasteiger partial charge < -0.3 is 15.0 Å². The van der Waals surface area contributed by atoms with Gasteiger partial charge >= 0.3 is 0 Å². The molecule has 2 rings (SSSR count). The van der Waals surface area contributed by atoms with E-state index in [0.717, 1.165) is 51.2 Å². The number of benzene rings is 1. The van der Waals surface area contributed by atoms with Gasteiger partial charge in [-0.2, -0.15) is 0 Å². The fourth-order valence-corrected chi connectivity index (χ4v) is 2.51. The molecule has 1 amide bonds. The van der Waals surface area contributed by atoms with E-state index in [1.54, 1.807) is 7.11 Å². The molecule has 1 aromatic rings. The van der Waals surface area contributed by atoms with E-state index in [1.165, 1.54) is 5.56 Å². The summed E-state index contributed by atoms with van der Waals surface area (Å²) in [4.78, 5) is 13.8. The zero-order valence-corrected chi connectivity index (χ0v) is 12.2. The smallest absolute Gasteiger partial charge is 0.223 e. The van der Waals surface area contributed by atoms with Crippen LogP contribution in [-0.4, -0.2) is 44.1 Å². The SMILES string of the molecule is COc1cccc(CCNCCC(=O)N2CCCC2)c1. The Morgan fingerprint density at radius 2 is 2.10 bits per heavy atom. The maximum atomic E-state index is 11.8. The molecule has 0 bridgehead atoms. The van der Waals surface area contributed by atoms with Crippen molar-refractivity contribution in [2.75, 3.05) is 33.3 Å².